The van der Waals surface area contributed by atoms with Gasteiger partial charge < -0.3 is 5.32 Å². The van der Waals surface area contributed by atoms with Gasteiger partial charge in [-0.3, -0.25) is 9.59 Å². The number of hydrogen-bond donors (Lipinski definition) is 1. The van der Waals surface area contributed by atoms with Gasteiger partial charge in [0.15, 0.2) is 5.17 Å². The van der Waals surface area contributed by atoms with Crippen LogP contribution < -0.4 is 5.32 Å². The van der Waals surface area contributed by atoms with Crippen LogP contribution in [0.5, 0.6) is 0 Å². The predicted octanol–water partition coefficient (Wildman–Crippen LogP) is 5.83. The summed E-state index contributed by atoms with van der Waals surface area (Å²) >= 11 is 7.40. The van der Waals surface area contributed by atoms with Gasteiger partial charge in [0.25, 0.3) is 5.91 Å². The van der Waals surface area contributed by atoms with Crippen molar-refractivity contribution in [2.45, 2.75) is 31.1 Å². The number of amides is 2. The Morgan fingerprint density at radius 3 is 2.49 bits per heavy atom. The SMILES string of the molecule is Cc1ccc(C2=NN(C3=NC(=O)[C@@H](CC(=O)Nc4ccccc4)S3)[C@H](c3ccc(Cl)cc3)C2)cc1. The van der Waals surface area contributed by atoms with Gasteiger partial charge in [0.2, 0.25) is 5.91 Å². The van der Waals surface area contributed by atoms with Gasteiger partial charge in [-0.25, -0.2) is 5.01 Å². The molecule has 0 aliphatic carbocycles. The topological polar surface area (TPSA) is 74.1 Å². The summed E-state index contributed by atoms with van der Waals surface area (Å²) in [5, 5.41) is 10.1. The van der Waals surface area contributed by atoms with Gasteiger partial charge in [0, 0.05) is 23.6 Å². The minimum Gasteiger partial charge on any atom is -0.326 e. The third kappa shape index (κ3) is 5.31. The second-order valence-electron chi connectivity index (χ2n) is 8.49. The number of nitrogens with zero attached hydrogens (tertiary/aromatic N) is 3. The summed E-state index contributed by atoms with van der Waals surface area (Å²) in [6.45, 7) is 2.05. The fraction of sp³-hybridized carbons (Fsp3) is 0.185. The Kier molecular flexibility index (Phi) is 6.70. The highest BCUT2D eigenvalue weighted by molar-refractivity contribution is 8.15. The van der Waals surface area contributed by atoms with Crippen LogP contribution in [-0.2, 0) is 9.59 Å². The van der Waals surface area contributed by atoms with E-state index in [0.717, 1.165) is 16.8 Å². The molecule has 2 aliphatic heterocycles. The molecule has 0 saturated carbocycles. The number of anilines is 1. The van der Waals surface area contributed by atoms with E-state index >= 15 is 0 Å². The third-order valence-electron chi connectivity index (χ3n) is 5.90. The molecule has 2 aliphatic rings. The van der Waals surface area contributed by atoms with Crippen LogP contribution in [0.1, 0.15) is 35.6 Å². The molecule has 0 saturated heterocycles. The first-order valence-corrected chi connectivity index (χ1v) is 12.6. The molecule has 2 heterocycles. The molecule has 3 aromatic rings. The molecule has 35 heavy (non-hydrogen) atoms. The fourth-order valence-corrected chi connectivity index (χ4v) is 5.25. The molecule has 0 fully saturated rings. The average molecular weight is 503 g/mol. The van der Waals surface area contributed by atoms with Crippen LogP contribution in [0.25, 0.3) is 0 Å². The van der Waals surface area contributed by atoms with Crippen molar-refractivity contribution in [2.75, 3.05) is 5.32 Å². The first-order valence-electron chi connectivity index (χ1n) is 11.3. The molecule has 2 atom stereocenters. The molecule has 5 rings (SSSR count). The maximum absolute atomic E-state index is 12.7. The van der Waals surface area contributed by atoms with Gasteiger partial charge in [-0.2, -0.15) is 10.1 Å². The maximum atomic E-state index is 12.7. The Balaban J connectivity index is 1.36. The number of hydrogen-bond acceptors (Lipinski definition) is 5. The van der Waals surface area contributed by atoms with E-state index in [0.29, 0.717) is 22.3 Å². The van der Waals surface area contributed by atoms with Crippen molar-refractivity contribution in [3.05, 3.63) is 101 Å². The number of para-hydroxylation sites is 1. The molecule has 176 valence electrons. The van der Waals surface area contributed by atoms with Crippen molar-refractivity contribution in [1.29, 1.82) is 0 Å². The number of carbonyl (C=O) groups is 2. The van der Waals surface area contributed by atoms with Crippen molar-refractivity contribution in [3.63, 3.8) is 0 Å². The van der Waals surface area contributed by atoms with Crippen LogP contribution in [0, 0.1) is 6.92 Å². The first kappa shape index (κ1) is 23.3. The highest BCUT2D eigenvalue weighted by atomic mass is 35.5. The number of rotatable bonds is 5. The number of amidine groups is 1. The van der Waals surface area contributed by atoms with E-state index in [9.17, 15) is 9.59 Å². The van der Waals surface area contributed by atoms with Crippen LogP contribution in [0.2, 0.25) is 5.02 Å². The van der Waals surface area contributed by atoms with E-state index in [1.165, 1.54) is 17.3 Å². The lowest BCUT2D eigenvalue weighted by atomic mass is 9.98. The number of hydrazone groups is 1. The highest BCUT2D eigenvalue weighted by Gasteiger charge is 2.39. The number of benzene rings is 3. The summed E-state index contributed by atoms with van der Waals surface area (Å²) in [4.78, 5) is 29.6. The Hall–Kier alpha value is -3.42. The maximum Gasteiger partial charge on any atom is 0.262 e. The van der Waals surface area contributed by atoms with Gasteiger partial charge in [-0.05, 0) is 42.3 Å². The molecule has 1 N–H and O–H groups in total. The van der Waals surface area contributed by atoms with Gasteiger partial charge >= 0.3 is 0 Å². The smallest absolute Gasteiger partial charge is 0.262 e. The van der Waals surface area contributed by atoms with Crippen molar-refractivity contribution in [2.24, 2.45) is 10.1 Å². The zero-order chi connectivity index (χ0) is 24.4. The van der Waals surface area contributed by atoms with Crippen LogP contribution in [0.15, 0.2) is 89.0 Å². The molecule has 0 radical (unpaired) electrons. The van der Waals surface area contributed by atoms with Crippen LogP contribution in [0.4, 0.5) is 5.69 Å². The zero-order valence-corrected chi connectivity index (χ0v) is 20.6. The lowest BCUT2D eigenvalue weighted by molar-refractivity contribution is -0.121. The largest absolute Gasteiger partial charge is 0.326 e. The van der Waals surface area contributed by atoms with Gasteiger partial charge in [-0.1, -0.05) is 83.5 Å². The molecule has 0 unspecified atom stereocenters. The number of thioether (sulfide) groups is 1. The fourth-order valence-electron chi connectivity index (χ4n) is 4.06. The minimum absolute atomic E-state index is 0.0411. The average Bonchev–Trinajstić information content (AvgIpc) is 3.45. The lowest BCUT2D eigenvalue weighted by Crippen LogP contribution is -2.25. The monoisotopic (exact) mass is 502 g/mol. The Morgan fingerprint density at radius 1 is 1.06 bits per heavy atom. The molecule has 0 bridgehead atoms. The Morgan fingerprint density at radius 2 is 1.77 bits per heavy atom. The van der Waals surface area contributed by atoms with E-state index < -0.39 is 5.25 Å². The predicted molar refractivity (Wildman–Crippen MR) is 142 cm³/mol. The van der Waals surface area contributed by atoms with Gasteiger partial charge in [-0.15, -0.1) is 0 Å². The number of carbonyl (C=O) groups excluding carboxylic acids is 2. The molecule has 6 nitrogen and oxygen atoms in total. The van der Waals surface area contributed by atoms with Crippen molar-refractivity contribution in [3.8, 4) is 0 Å². The summed E-state index contributed by atoms with van der Waals surface area (Å²) in [5.41, 5.74) is 4.86. The second kappa shape index (κ2) is 10.1. The number of halogens is 1. The molecule has 3 aromatic carbocycles. The highest BCUT2D eigenvalue weighted by Crippen LogP contribution is 2.39. The lowest BCUT2D eigenvalue weighted by Gasteiger charge is -2.23. The molecular weight excluding hydrogens is 480 g/mol. The van der Waals surface area contributed by atoms with Crippen molar-refractivity contribution < 1.29 is 9.59 Å². The van der Waals surface area contributed by atoms with E-state index in [1.807, 2.05) is 66.5 Å². The van der Waals surface area contributed by atoms with Gasteiger partial charge in [0.1, 0.15) is 5.25 Å². The molecule has 0 aromatic heterocycles. The van der Waals surface area contributed by atoms with Crippen LogP contribution in [0.3, 0.4) is 0 Å². The molecule has 0 spiro atoms. The summed E-state index contributed by atoms with van der Waals surface area (Å²) in [7, 11) is 0. The van der Waals surface area contributed by atoms with Crippen LogP contribution >= 0.6 is 23.4 Å². The van der Waals surface area contributed by atoms with E-state index in [1.54, 1.807) is 0 Å². The minimum atomic E-state index is -0.585. The molecular formula is C27H23ClN4O2S. The standard InChI is InChI=1S/C27H23ClN4O2S/c1-17-7-9-18(10-8-17)22-15-23(19-11-13-20(28)14-12-19)32(31-22)27-30-26(34)24(35-27)16-25(33)29-21-5-3-2-4-6-21/h2-14,23-24H,15-16H2,1H3,(H,29,33)/t23-,24+/m0/s1. The quantitative estimate of drug-likeness (QED) is 0.476. The summed E-state index contributed by atoms with van der Waals surface area (Å²) in [6.07, 6.45) is 0.705. The summed E-state index contributed by atoms with van der Waals surface area (Å²) in [6, 6.07) is 25.0. The van der Waals surface area contributed by atoms with E-state index in [4.69, 9.17) is 16.7 Å². The Bertz CT molecular complexity index is 1310. The summed E-state index contributed by atoms with van der Waals surface area (Å²) in [5.74, 6) is -0.542. The Labute approximate surface area is 213 Å². The number of nitrogens with one attached hydrogen (secondary N) is 1. The van der Waals surface area contributed by atoms with E-state index in [-0.39, 0.29) is 24.3 Å². The number of aliphatic imine (C=N–C) groups is 1. The zero-order valence-electron chi connectivity index (χ0n) is 19.0. The number of aryl methyl sites for hydroxylation is 1. The van der Waals surface area contributed by atoms with E-state index in [2.05, 4.69) is 34.6 Å². The second-order valence-corrected chi connectivity index (χ2v) is 10.1. The van der Waals surface area contributed by atoms with Crippen molar-refractivity contribution >= 4 is 51.7 Å². The summed E-state index contributed by atoms with van der Waals surface area (Å²) < 4.78 is 0. The van der Waals surface area contributed by atoms with Gasteiger partial charge in [0.05, 0.1) is 11.8 Å². The molecule has 8 heteroatoms. The molecule has 2 amide bonds. The van der Waals surface area contributed by atoms with Crippen molar-refractivity contribution in [1.82, 2.24) is 5.01 Å². The first-order chi connectivity index (χ1) is 17.0. The normalized spacial score (nSPS) is 19.5. The van der Waals surface area contributed by atoms with Crippen LogP contribution in [-0.4, -0.2) is 33.0 Å². The third-order valence-corrected chi connectivity index (χ3v) is 7.30.